The highest BCUT2D eigenvalue weighted by Crippen LogP contribution is 2.29. The molecule has 1 aliphatic carbocycles. The molecule has 0 unspecified atom stereocenters. The van der Waals surface area contributed by atoms with E-state index in [9.17, 15) is 0 Å². The first-order chi connectivity index (χ1) is 8.35. The van der Waals surface area contributed by atoms with Gasteiger partial charge in [-0.1, -0.05) is 25.0 Å². The van der Waals surface area contributed by atoms with E-state index in [2.05, 4.69) is 11.4 Å². The normalized spacial score (nSPS) is 24.4. The van der Waals surface area contributed by atoms with Crippen molar-refractivity contribution in [2.24, 2.45) is 0 Å². The maximum absolute atomic E-state index is 5.55. The molecule has 94 valence electrons. The number of nitrogens with one attached hydrogen (secondary N) is 1. The number of anilines is 1. The van der Waals surface area contributed by atoms with E-state index in [4.69, 9.17) is 9.47 Å². The Morgan fingerprint density at radius 1 is 1.12 bits per heavy atom. The number of para-hydroxylation sites is 2. The molecule has 0 heterocycles. The predicted molar refractivity (Wildman–Crippen MR) is 69.7 cm³/mol. The van der Waals surface area contributed by atoms with Crippen molar-refractivity contribution >= 4 is 5.69 Å². The summed E-state index contributed by atoms with van der Waals surface area (Å²) in [5.74, 6) is 0.896. The molecule has 1 aliphatic rings. The van der Waals surface area contributed by atoms with Crippen LogP contribution in [0.5, 0.6) is 5.75 Å². The summed E-state index contributed by atoms with van der Waals surface area (Å²) in [6.07, 6.45) is 5.16. The second-order valence-corrected chi connectivity index (χ2v) is 4.51. The molecular formula is C14H21NO2. The Labute approximate surface area is 103 Å². The summed E-state index contributed by atoms with van der Waals surface area (Å²) in [6.45, 7) is 0. The molecule has 17 heavy (non-hydrogen) atoms. The highest BCUT2D eigenvalue weighted by Gasteiger charge is 2.25. The lowest BCUT2D eigenvalue weighted by atomic mass is 9.92. The van der Waals surface area contributed by atoms with E-state index in [1.54, 1.807) is 14.2 Å². The third-order valence-electron chi connectivity index (χ3n) is 3.45. The number of hydrogen-bond acceptors (Lipinski definition) is 3. The molecule has 1 aromatic carbocycles. The number of hydrogen-bond donors (Lipinski definition) is 1. The number of benzene rings is 1. The molecule has 1 N–H and O–H groups in total. The van der Waals surface area contributed by atoms with Gasteiger partial charge in [0.05, 0.1) is 24.9 Å². The first-order valence-corrected chi connectivity index (χ1v) is 6.27. The van der Waals surface area contributed by atoms with Crippen molar-refractivity contribution in [3.8, 4) is 5.75 Å². The topological polar surface area (TPSA) is 30.5 Å². The van der Waals surface area contributed by atoms with Crippen LogP contribution in [0.25, 0.3) is 0 Å². The predicted octanol–water partition coefficient (Wildman–Crippen LogP) is 3.06. The summed E-state index contributed by atoms with van der Waals surface area (Å²) in [4.78, 5) is 0. The van der Waals surface area contributed by atoms with E-state index in [0.29, 0.717) is 12.1 Å². The quantitative estimate of drug-likeness (QED) is 0.870. The molecule has 0 aliphatic heterocycles. The van der Waals surface area contributed by atoms with Gasteiger partial charge in [0, 0.05) is 7.11 Å². The summed E-state index contributed by atoms with van der Waals surface area (Å²) < 4.78 is 10.9. The SMILES string of the molecule is COc1ccccc1N[C@@H]1CCCC[C@H]1OC. The van der Waals surface area contributed by atoms with Crippen LogP contribution in [-0.2, 0) is 4.74 Å². The summed E-state index contributed by atoms with van der Waals surface area (Å²) in [6, 6.07) is 8.44. The lowest BCUT2D eigenvalue weighted by Gasteiger charge is -2.32. The summed E-state index contributed by atoms with van der Waals surface area (Å²) >= 11 is 0. The maximum Gasteiger partial charge on any atom is 0.141 e. The summed E-state index contributed by atoms with van der Waals surface area (Å²) in [5.41, 5.74) is 1.06. The average molecular weight is 235 g/mol. The third kappa shape index (κ3) is 2.91. The zero-order chi connectivity index (χ0) is 12.1. The molecule has 2 atom stereocenters. The van der Waals surface area contributed by atoms with Gasteiger partial charge in [0.2, 0.25) is 0 Å². The largest absolute Gasteiger partial charge is 0.495 e. The van der Waals surface area contributed by atoms with Crippen LogP contribution in [0.3, 0.4) is 0 Å². The molecule has 3 nitrogen and oxygen atoms in total. The van der Waals surface area contributed by atoms with Crippen molar-refractivity contribution < 1.29 is 9.47 Å². The molecular weight excluding hydrogens is 214 g/mol. The van der Waals surface area contributed by atoms with Crippen LogP contribution >= 0.6 is 0 Å². The van der Waals surface area contributed by atoms with Crippen LogP contribution in [0.15, 0.2) is 24.3 Å². The van der Waals surface area contributed by atoms with Crippen molar-refractivity contribution in [3.05, 3.63) is 24.3 Å². The van der Waals surface area contributed by atoms with Gasteiger partial charge in [0.1, 0.15) is 5.75 Å². The molecule has 0 amide bonds. The molecule has 0 spiro atoms. The minimum atomic E-state index is 0.314. The van der Waals surface area contributed by atoms with Crippen LogP contribution in [0, 0.1) is 0 Å². The zero-order valence-corrected chi connectivity index (χ0v) is 10.6. The van der Waals surface area contributed by atoms with Gasteiger partial charge in [-0.25, -0.2) is 0 Å². The van der Waals surface area contributed by atoms with Gasteiger partial charge in [0.15, 0.2) is 0 Å². The van der Waals surface area contributed by atoms with Crippen molar-refractivity contribution in [2.75, 3.05) is 19.5 Å². The first kappa shape index (κ1) is 12.2. The van der Waals surface area contributed by atoms with Crippen LogP contribution in [0.1, 0.15) is 25.7 Å². The van der Waals surface area contributed by atoms with Gasteiger partial charge in [-0.05, 0) is 25.0 Å². The monoisotopic (exact) mass is 235 g/mol. The minimum absolute atomic E-state index is 0.314. The van der Waals surface area contributed by atoms with Gasteiger partial charge < -0.3 is 14.8 Å². The number of methoxy groups -OCH3 is 2. The smallest absolute Gasteiger partial charge is 0.141 e. The van der Waals surface area contributed by atoms with Crippen molar-refractivity contribution in [2.45, 2.75) is 37.8 Å². The van der Waals surface area contributed by atoms with Crippen molar-refractivity contribution in [1.29, 1.82) is 0 Å². The lowest BCUT2D eigenvalue weighted by Crippen LogP contribution is -2.37. The molecule has 0 radical (unpaired) electrons. The van der Waals surface area contributed by atoms with E-state index in [1.807, 2.05) is 18.2 Å². The Kier molecular flexibility index (Phi) is 4.26. The summed E-state index contributed by atoms with van der Waals surface area (Å²) in [7, 11) is 3.50. The maximum atomic E-state index is 5.55. The molecule has 1 saturated carbocycles. The number of ether oxygens (including phenoxy) is 2. The Hall–Kier alpha value is -1.22. The fourth-order valence-electron chi connectivity index (χ4n) is 2.51. The third-order valence-corrected chi connectivity index (χ3v) is 3.45. The first-order valence-electron chi connectivity index (χ1n) is 6.27. The minimum Gasteiger partial charge on any atom is -0.495 e. The molecule has 3 heteroatoms. The van der Waals surface area contributed by atoms with E-state index in [-0.39, 0.29) is 0 Å². The molecule has 1 aromatic rings. The average Bonchev–Trinajstić information content (AvgIpc) is 2.40. The Balaban J connectivity index is 2.08. The van der Waals surface area contributed by atoms with Gasteiger partial charge >= 0.3 is 0 Å². The van der Waals surface area contributed by atoms with Gasteiger partial charge in [-0.15, -0.1) is 0 Å². The van der Waals surface area contributed by atoms with Crippen LogP contribution in [-0.4, -0.2) is 26.4 Å². The van der Waals surface area contributed by atoms with E-state index < -0.39 is 0 Å². The highest BCUT2D eigenvalue weighted by molar-refractivity contribution is 5.56. The van der Waals surface area contributed by atoms with Crippen molar-refractivity contribution in [3.63, 3.8) is 0 Å². The number of rotatable bonds is 4. The highest BCUT2D eigenvalue weighted by atomic mass is 16.5. The summed E-state index contributed by atoms with van der Waals surface area (Å²) in [5, 5.41) is 3.55. The fraction of sp³-hybridized carbons (Fsp3) is 0.571. The Bertz CT molecular complexity index is 354. The fourth-order valence-corrected chi connectivity index (χ4v) is 2.51. The Morgan fingerprint density at radius 3 is 2.65 bits per heavy atom. The van der Waals surface area contributed by atoms with Crippen LogP contribution in [0.2, 0.25) is 0 Å². The molecule has 0 saturated heterocycles. The molecule has 0 bridgehead atoms. The van der Waals surface area contributed by atoms with Gasteiger partial charge in [0.25, 0.3) is 0 Å². The van der Waals surface area contributed by atoms with Crippen molar-refractivity contribution in [1.82, 2.24) is 0 Å². The Morgan fingerprint density at radius 2 is 1.88 bits per heavy atom. The molecule has 2 rings (SSSR count). The molecule has 0 aromatic heterocycles. The van der Waals surface area contributed by atoms with Crippen LogP contribution in [0.4, 0.5) is 5.69 Å². The van der Waals surface area contributed by atoms with Gasteiger partial charge in [-0.2, -0.15) is 0 Å². The standard InChI is InChI=1S/C14H21NO2/c1-16-13-9-5-3-7-11(13)15-12-8-4-6-10-14(12)17-2/h3,5,7,9,12,14-15H,4,6,8,10H2,1-2H3/t12-,14-/m1/s1. The van der Waals surface area contributed by atoms with E-state index in [1.165, 1.54) is 12.8 Å². The van der Waals surface area contributed by atoms with Gasteiger partial charge in [-0.3, -0.25) is 0 Å². The van der Waals surface area contributed by atoms with E-state index >= 15 is 0 Å². The van der Waals surface area contributed by atoms with E-state index in [0.717, 1.165) is 24.3 Å². The zero-order valence-electron chi connectivity index (χ0n) is 10.6. The lowest BCUT2D eigenvalue weighted by molar-refractivity contribution is 0.0605. The second kappa shape index (κ2) is 5.92. The second-order valence-electron chi connectivity index (χ2n) is 4.51. The van der Waals surface area contributed by atoms with Crippen LogP contribution < -0.4 is 10.1 Å². The molecule has 1 fully saturated rings.